The van der Waals surface area contributed by atoms with Gasteiger partial charge in [0.15, 0.2) is 0 Å². The minimum absolute atomic E-state index is 0.234. The Morgan fingerprint density at radius 2 is 1.93 bits per heavy atom. The monoisotopic (exact) mass is 213 g/mol. The SMILES string of the molecule is CCOC(=O)C(N)CC1CCCCCC1. The lowest BCUT2D eigenvalue weighted by Crippen LogP contribution is -2.34. The molecular weight excluding hydrogens is 190 g/mol. The van der Waals surface area contributed by atoms with Crippen LogP contribution in [-0.2, 0) is 9.53 Å². The number of rotatable bonds is 4. The third kappa shape index (κ3) is 4.65. The highest BCUT2D eigenvalue weighted by Gasteiger charge is 2.21. The molecule has 0 aromatic carbocycles. The largest absolute Gasteiger partial charge is 0.465 e. The first-order chi connectivity index (χ1) is 7.24. The van der Waals surface area contributed by atoms with Crippen LogP contribution in [0.5, 0.6) is 0 Å². The minimum Gasteiger partial charge on any atom is -0.465 e. The van der Waals surface area contributed by atoms with Crippen LogP contribution < -0.4 is 5.73 Å². The topological polar surface area (TPSA) is 52.3 Å². The second-order valence-corrected chi connectivity index (χ2v) is 4.45. The second kappa shape index (κ2) is 6.83. The smallest absolute Gasteiger partial charge is 0.322 e. The molecule has 2 N–H and O–H groups in total. The highest BCUT2D eigenvalue weighted by Crippen LogP contribution is 2.26. The summed E-state index contributed by atoms with van der Waals surface area (Å²) in [6, 6.07) is -0.409. The summed E-state index contributed by atoms with van der Waals surface area (Å²) in [6.07, 6.45) is 8.52. The van der Waals surface area contributed by atoms with Crippen molar-refractivity contribution in [3.63, 3.8) is 0 Å². The van der Waals surface area contributed by atoms with E-state index in [-0.39, 0.29) is 5.97 Å². The Morgan fingerprint density at radius 3 is 2.47 bits per heavy atom. The molecule has 88 valence electrons. The molecule has 1 aliphatic carbocycles. The van der Waals surface area contributed by atoms with Crippen LogP contribution in [0.4, 0.5) is 0 Å². The number of hydrogen-bond donors (Lipinski definition) is 1. The lowest BCUT2D eigenvalue weighted by atomic mass is 9.93. The number of nitrogens with two attached hydrogens (primary N) is 1. The fraction of sp³-hybridized carbons (Fsp3) is 0.917. The van der Waals surface area contributed by atoms with Gasteiger partial charge in [0.25, 0.3) is 0 Å². The highest BCUT2D eigenvalue weighted by atomic mass is 16.5. The molecule has 0 saturated heterocycles. The molecule has 3 heteroatoms. The van der Waals surface area contributed by atoms with E-state index in [0.717, 1.165) is 6.42 Å². The molecule has 1 fully saturated rings. The van der Waals surface area contributed by atoms with Gasteiger partial charge in [-0.05, 0) is 19.3 Å². The third-order valence-corrected chi connectivity index (χ3v) is 3.15. The summed E-state index contributed by atoms with van der Waals surface area (Å²) in [5, 5.41) is 0. The van der Waals surface area contributed by atoms with Crippen molar-refractivity contribution in [3.8, 4) is 0 Å². The van der Waals surface area contributed by atoms with E-state index in [4.69, 9.17) is 10.5 Å². The molecule has 1 unspecified atom stereocenters. The van der Waals surface area contributed by atoms with E-state index in [1.165, 1.54) is 38.5 Å². The zero-order valence-electron chi connectivity index (χ0n) is 9.71. The number of carbonyl (C=O) groups excluding carboxylic acids is 1. The third-order valence-electron chi connectivity index (χ3n) is 3.15. The van der Waals surface area contributed by atoms with Crippen molar-refractivity contribution in [2.75, 3.05) is 6.61 Å². The van der Waals surface area contributed by atoms with Gasteiger partial charge in [-0.15, -0.1) is 0 Å². The van der Waals surface area contributed by atoms with Crippen molar-refractivity contribution in [1.29, 1.82) is 0 Å². The standard InChI is InChI=1S/C12H23NO2/c1-2-15-12(14)11(13)9-10-7-5-3-4-6-8-10/h10-11H,2-9,13H2,1H3. The van der Waals surface area contributed by atoms with Crippen molar-refractivity contribution < 1.29 is 9.53 Å². The van der Waals surface area contributed by atoms with Gasteiger partial charge >= 0.3 is 5.97 Å². The van der Waals surface area contributed by atoms with Gasteiger partial charge in [-0.2, -0.15) is 0 Å². The minimum atomic E-state index is -0.409. The van der Waals surface area contributed by atoms with Crippen molar-refractivity contribution in [3.05, 3.63) is 0 Å². The Kier molecular flexibility index (Phi) is 5.69. The van der Waals surface area contributed by atoms with Gasteiger partial charge in [0.05, 0.1) is 6.61 Å². The molecule has 3 nitrogen and oxygen atoms in total. The molecule has 0 bridgehead atoms. The Hall–Kier alpha value is -0.570. The van der Waals surface area contributed by atoms with Gasteiger partial charge in [0, 0.05) is 0 Å². The molecule has 1 saturated carbocycles. The molecular formula is C12H23NO2. The molecule has 1 aliphatic rings. The van der Waals surface area contributed by atoms with Crippen molar-refractivity contribution in [2.24, 2.45) is 11.7 Å². The molecule has 0 radical (unpaired) electrons. The van der Waals surface area contributed by atoms with Gasteiger partial charge in [0.1, 0.15) is 6.04 Å². The molecule has 0 aliphatic heterocycles. The van der Waals surface area contributed by atoms with Crippen molar-refractivity contribution >= 4 is 5.97 Å². The van der Waals surface area contributed by atoms with Crippen molar-refractivity contribution in [2.45, 2.75) is 57.9 Å². The predicted octanol–water partition coefficient (Wildman–Crippen LogP) is 2.24. The van der Waals surface area contributed by atoms with Crippen LogP contribution in [0.1, 0.15) is 51.9 Å². The molecule has 1 atom stereocenters. The Labute approximate surface area is 92.4 Å². The van der Waals surface area contributed by atoms with Crippen LogP contribution in [0.3, 0.4) is 0 Å². The summed E-state index contributed by atoms with van der Waals surface area (Å²) in [7, 11) is 0. The zero-order chi connectivity index (χ0) is 11.1. The number of hydrogen-bond acceptors (Lipinski definition) is 3. The second-order valence-electron chi connectivity index (χ2n) is 4.45. The van der Waals surface area contributed by atoms with Gasteiger partial charge in [-0.3, -0.25) is 4.79 Å². The molecule has 0 amide bonds. The summed E-state index contributed by atoms with van der Waals surface area (Å²) >= 11 is 0. The first-order valence-corrected chi connectivity index (χ1v) is 6.16. The van der Waals surface area contributed by atoms with E-state index in [0.29, 0.717) is 12.5 Å². The summed E-state index contributed by atoms with van der Waals surface area (Å²) in [5.41, 5.74) is 5.81. The highest BCUT2D eigenvalue weighted by molar-refractivity contribution is 5.75. The summed E-state index contributed by atoms with van der Waals surface area (Å²) in [5.74, 6) is 0.397. The lowest BCUT2D eigenvalue weighted by Gasteiger charge is -2.17. The first-order valence-electron chi connectivity index (χ1n) is 6.16. The van der Waals surface area contributed by atoms with Crippen LogP contribution in [-0.4, -0.2) is 18.6 Å². The molecule has 1 rings (SSSR count). The number of carbonyl (C=O) groups is 1. The van der Waals surface area contributed by atoms with Gasteiger partial charge < -0.3 is 10.5 Å². The molecule has 0 spiro atoms. The van der Waals surface area contributed by atoms with Crippen LogP contribution in [0, 0.1) is 5.92 Å². The van der Waals surface area contributed by atoms with E-state index >= 15 is 0 Å². The first kappa shape index (κ1) is 12.5. The summed E-state index contributed by atoms with van der Waals surface area (Å²) < 4.78 is 4.91. The van der Waals surface area contributed by atoms with Crippen LogP contribution in [0.2, 0.25) is 0 Å². The molecule has 0 aromatic heterocycles. The Morgan fingerprint density at radius 1 is 1.33 bits per heavy atom. The van der Waals surface area contributed by atoms with Gasteiger partial charge in [0.2, 0.25) is 0 Å². The maximum atomic E-state index is 11.4. The quantitative estimate of drug-likeness (QED) is 0.575. The molecule has 15 heavy (non-hydrogen) atoms. The number of ether oxygens (including phenoxy) is 1. The fourth-order valence-corrected chi connectivity index (χ4v) is 2.30. The van der Waals surface area contributed by atoms with Gasteiger partial charge in [-0.25, -0.2) is 0 Å². The normalized spacial score (nSPS) is 20.7. The summed E-state index contributed by atoms with van der Waals surface area (Å²) in [4.78, 5) is 11.4. The van der Waals surface area contributed by atoms with Crippen molar-refractivity contribution in [1.82, 2.24) is 0 Å². The number of esters is 1. The lowest BCUT2D eigenvalue weighted by molar-refractivity contribution is -0.145. The van der Waals surface area contributed by atoms with Gasteiger partial charge in [-0.1, -0.05) is 38.5 Å². The van der Waals surface area contributed by atoms with Crippen LogP contribution in [0.25, 0.3) is 0 Å². The summed E-state index contributed by atoms with van der Waals surface area (Å²) in [6.45, 7) is 2.24. The average molecular weight is 213 g/mol. The van der Waals surface area contributed by atoms with E-state index < -0.39 is 6.04 Å². The zero-order valence-corrected chi connectivity index (χ0v) is 9.71. The molecule has 0 heterocycles. The molecule has 0 aromatic rings. The Bertz CT molecular complexity index is 186. The van der Waals surface area contributed by atoms with Crippen LogP contribution in [0.15, 0.2) is 0 Å². The van der Waals surface area contributed by atoms with Crippen LogP contribution >= 0.6 is 0 Å². The Balaban J connectivity index is 2.28. The maximum Gasteiger partial charge on any atom is 0.322 e. The van der Waals surface area contributed by atoms with E-state index in [1.807, 2.05) is 6.92 Å². The average Bonchev–Trinajstić information content (AvgIpc) is 2.46. The van der Waals surface area contributed by atoms with E-state index in [1.54, 1.807) is 0 Å². The maximum absolute atomic E-state index is 11.4. The van der Waals surface area contributed by atoms with E-state index in [9.17, 15) is 4.79 Å². The van der Waals surface area contributed by atoms with E-state index in [2.05, 4.69) is 0 Å². The fourth-order valence-electron chi connectivity index (χ4n) is 2.30. The predicted molar refractivity (Wildman–Crippen MR) is 60.4 cm³/mol.